The molecule has 0 bridgehead atoms. The lowest BCUT2D eigenvalue weighted by molar-refractivity contribution is -0.881. The average molecular weight is 260 g/mol. The van der Waals surface area contributed by atoms with E-state index in [0.717, 1.165) is 23.3 Å². The zero-order chi connectivity index (χ0) is 14.3. The Balaban J connectivity index is 2.64. The van der Waals surface area contributed by atoms with Crippen LogP contribution in [0.3, 0.4) is 0 Å². The first kappa shape index (κ1) is 15.1. The Morgan fingerprint density at radius 1 is 1.37 bits per heavy atom. The summed E-state index contributed by atoms with van der Waals surface area (Å²) >= 11 is 0. The maximum atomic E-state index is 11.7. The lowest BCUT2D eigenvalue weighted by atomic mass is 10.1. The minimum absolute atomic E-state index is 0.0829. The number of benzene rings is 1. The molecule has 0 spiro atoms. The fourth-order valence-electron chi connectivity index (χ4n) is 1.79. The van der Waals surface area contributed by atoms with Crippen LogP contribution in [0.15, 0.2) is 24.3 Å². The van der Waals surface area contributed by atoms with Gasteiger partial charge < -0.3 is 15.1 Å². The number of carbonyl (C=O) groups is 1. The summed E-state index contributed by atoms with van der Waals surface area (Å²) in [4.78, 5) is 11.7. The number of hydrogen-bond acceptors (Lipinski definition) is 2. The summed E-state index contributed by atoms with van der Waals surface area (Å²) in [5, 5.41) is 5.94. The van der Waals surface area contributed by atoms with E-state index >= 15 is 0 Å². The molecule has 2 N–H and O–H groups in total. The molecule has 0 saturated carbocycles. The molecule has 4 heteroatoms. The van der Waals surface area contributed by atoms with Crippen molar-refractivity contribution < 1.29 is 9.28 Å². The van der Waals surface area contributed by atoms with E-state index in [9.17, 15) is 4.79 Å². The van der Waals surface area contributed by atoms with Crippen LogP contribution in [0.25, 0.3) is 0 Å². The van der Waals surface area contributed by atoms with Crippen molar-refractivity contribution in [1.82, 2.24) is 5.32 Å². The molecule has 4 nitrogen and oxygen atoms in total. The molecule has 1 aromatic carbocycles. The van der Waals surface area contributed by atoms with Gasteiger partial charge in [-0.1, -0.05) is 12.1 Å². The second kappa shape index (κ2) is 6.81. The average Bonchev–Trinajstić information content (AvgIpc) is 2.38. The van der Waals surface area contributed by atoms with Gasteiger partial charge in [0.1, 0.15) is 6.54 Å². The monoisotopic (exact) mass is 260 g/mol. The van der Waals surface area contributed by atoms with Gasteiger partial charge in [-0.05, 0) is 18.1 Å². The van der Waals surface area contributed by atoms with Gasteiger partial charge in [-0.2, -0.15) is 0 Å². The summed E-state index contributed by atoms with van der Waals surface area (Å²) in [5.74, 6) is 2.59. The van der Waals surface area contributed by atoms with Crippen LogP contribution in [-0.2, 0) is 0 Å². The molecule has 0 fully saturated rings. The van der Waals surface area contributed by atoms with Crippen molar-refractivity contribution in [2.45, 2.75) is 0 Å². The van der Waals surface area contributed by atoms with Crippen molar-refractivity contribution in [1.29, 1.82) is 0 Å². The topological polar surface area (TPSA) is 41.1 Å². The van der Waals surface area contributed by atoms with Gasteiger partial charge in [0, 0.05) is 12.7 Å². The molecule has 1 amide bonds. The molecule has 0 aromatic heterocycles. The van der Waals surface area contributed by atoms with E-state index in [-0.39, 0.29) is 5.91 Å². The number of amides is 1. The number of likely N-dealkylation sites (N-methyl/N-ethyl adjacent to an activating group) is 1. The summed E-state index contributed by atoms with van der Waals surface area (Å²) in [6.07, 6.45) is 5.34. The van der Waals surface area contributed by atoms with Gasteiger partial charge in [0.15, 0.2) is 0 Å². The van der Waals surface area contributed by atoms with E-state index in [1.54, 1.807) is 7.05 Å². The van der Waals surface area contributed by atoms with Crippen molar-refractivity contribution in [2.24, 2.45) is 0 Å². The van der Waals surface area contributed by atoms with Gasteiger partial charge in [-0.25, -0.2) is 0 Å². The van der Waals surface area contributed by atoms with E-state index in [4.69, 9.17) is 6.42 Å². The Bertz CT molecular complexity index is 475. The Hall–Kier alpha value is -1.99. The van der Waals surface area contributed by atoms with Crippen molar-refractivity contribution in [2.75, 3.05) is 46.1 Å². The third kappa shape index (κ3) is 4.65. The molecule has 19 heavy (non-hydrogen) atoms. The molecule has 0 atom stereocenters. The predicted octanol–water partition coefficient (Wildman–Crippen LogP) is 1.17. The molecule has 0 radical (unpaired) electrons. The van der Waals surface area contributed by atoms with Crippen molar-refractivity contribution in [3.8, 4) is 12.3 Å². The molecule has 1 aromatic rings. The third-order valence-corrected chi connectivity index (χ3v) is 2.95. The van der Waals surface area contributed by atoms with Crippen molar-refractivity contribution in [3.05, 3.63) is 29.8 Å². The molecule has 0 heterocycles. The highest BCUT2D eigenvalue weighted by Gasteiger charge is 2.13. The first-order chi connectivity index (χ1) is 9.00. The number of anilines is 1. The van der Waals surface area contributed by atoms with Crippen LogP contribution in [0.4, 0.5) is 5.69 Å². The third-order valence-electron chi connectivity index (χ3n) is 2.95. The number of carbonyl (C=O) groups excluding carboxylic acids is 1. The smallest absolute Gasteiger partial charge is 0.253 e. The second-order valence-corrected chi connectivity index (χ2v) is 5.07. The van der Waals surface area contributed by atoms with E-state index in [1.165, 1.54) is 0 Å². The van der Waals surface area contributed by atoms with Crippen LogP contribution in [0.2, 0.25) is 0 Å². The van der Waals surface area contributed by atoms with E-state index in [1.807, 2.05) is 24.3 Å². The van der Waals surface area contributed by atoms with Crippen LogP contribution in [-0.4, -0.2) is 51.2 Å². The van der Waals surface area contributed by atoms with Crippen molar-refractivity contribution in [3.63, 3.8) is 0 Å². The highest BCUT2D eigenvalue weighted by atomic mass is 16.1. The number of rotatable bonds is 6. The highest BCUT2D eigenvalue weighted by molar-refractivity contribution is 5.99. The van der Waals surface area contributed by atoms with E-state index < -0.39 is 0 Å². The molecule has 0 aliphatic rings. The Morgan fingerprint density at radius 2 is 2.05 bits per heavy atom. The summed E-state index contributed by atoms with van der Waals surface area (Å²) in [7, 11) is 5.81. The second-order valence-electron chi connectivity index (χ2n) is 5.07. The lowest BCUT2D eigenvalue weighted by Crippen LogP contribution is -2.43. The molecular formula is C15H22N3O+. The van der Waals surface area contributed by atoms with Crippen LogP contribution >= 0.6 is 0 Å². The standard InChI is InChI=1S/C15H21N3O/c1-5-11-18(3,4)12-10-17-14-9-7-6-8-13(14)15(19)16-2/h1,6-9H,10-12H2,2-4H3,(H-,16,17,19)/p+1. The Labute approximate surface area is 115 Å². The summed E-state index contributed by atoms with van der Waals surface area (Å²) in [5.41, 5.74) is 1.51. The van der Waals surface area contributed by atoms with Crippen LogP contribution < -0.4 is 10.6 Å². The number of terminal acetylenes is 1. The molecule has 0 saturated heterocycles. The fourth-order valence-corrected chi connectivity index (χ4v) is 1.79. The first-order valence-corrected chi connectivity index (χ1v) is 6.30. The fraction of sp³-hybridized carbons (Fsp3) is 0.400. The maximum Gasteiger partial charge on any atom is 0.253 e. The van der Waals surface area contributed by atoms with Gasteiger partial charge in [-0.3, -0.25) is 4.79 Å². The number of quaternary nitrogens is 1. The maximum absolute atomic E-state index is 11.7. The molecule has 1 rings (SSSR count). The highest BCUT2D eigenvalue weighted by Crippen LogP contribution is 2.14. The van der Waals surface area contributed by atoms with Gasteiger partial charge in [0.05, 0.1) is 32.7 Å². The summed E-state index contributed by atoms with van der Waals surface area (Å²) in [6, 6.07) is 7.48. The quantitative estimate of drug-likeness (QED) is 0.595. The SMILES string of the molecule is C#CC[N+](C)(C)CCNc1ccccc1C(=O)NC. The molecule has 0 unspecified atom stereocenters. The summed E-state index contributed by atoms with van der Waals surface area (Å²) < 4.78 is 0.756. The van der Waals surface area contributed by atoms with Gasteiger partial charge >= 0.3 is 0 Å². The number of hydrogen-bond donors (Lipinski definition) is 2. The zero-order valence-electron chi connectivity index (χ0n) is 11.9. The number of para-hydroxylation sites is 1. The molecular weight excluding hydrogens is 238 g/mol. The molecule has 102 valence electrons. The zero-order valence-corrected chi connectivity index (χ0v) is 11.9. The van der Waals surface area contributed by atoms with Crippen LogP contribution in [0.5, 0.6) is 0 Å². The minimum Gasteiger partial charge on any atom is -0.379 e. The minimum atomic E-state index is -0.0829. The number of nitrogens with zero attached hydrogens (tertiary/aromatic N) is 1. The number of nitrogens with one attached hydrogen (secondary N) is 2. The van der Waals surface area contributed by atoms with Crippen LogP contribution in [0.1, 0.15) is 10.4 Å². The van der Waals surface area contributed by atoms with E-state index in [0.29, 0.717) is 12.1 Å². The van der Waals surface area contributed by atoms with Gasteiger partial charge in [0.25, 0.3) is 5.91 Å². The Kier molecular flexibility index (Phi) is 5.40. The predicted molar refractivity (Wildman–Crippen MR) is 79.0 cm³/mol. The van der Waals surface area contributed by atoms with E-state index in [2.05, 4.69) is 30.6 Å². The van der Waals surface area contributed by atoms with Crippen LogP contribution in [0, 0.1) is 12.3 Å². The molecule has 0 aliphatic heterocycles. The molecule has 0 aliphatic carbocycles. The largest absolute Gasteiger partial charge is 0.379 e. The Morgan fingerprint density at radius 3 is 2.68 bits per heavy atom. The normalized spacial score (nSPS) is 10.6. The lowest BCUT2D eigenvalue weighted by Gasteiger charge is -2.27. The first-order valence-electron chi connectivity index (χ1n) is 6.30. The summed E-state index contributed by atoms with van der Waals surface area (Å²) in [6.45, 7) is 2.35. The van der Waals surface area contributed by atoms with Crippen molar-refractivity contribution >= 4 is 11.6 Å². The van der Waals surface area contributed by atoms with Gasteiger partial charge in [-0.15, -0.1) is 6.42 Å². The van der Waals surface area contributed by atoms with Gasteiger partial charge in [0.2, 0.25) is 0 Å².